The molecule has 0 aliphatic heterocycles. The van der Waals surface area contributed by atoms with Crippen LogP contribution in [0.2, 0.25) is 0 Å². The molecule has 1 atom stereocenters. The standard InChI is InChI=1S/C14H13F3N2/c1-2-11(12-7-6-9(15)8-18-12)19-13-5-3-4-10(16)14(13)17/h3-8,11,19H,2H2,1H3. The lowest BCUT2D eigenvalue weighted by atomic mass is 10.1. The highest BCUT2D eigenvalue weighted by atomic mass is 19.2. The molecule has 1 aromatic heterocycles. The molecule has 1 heterocycles. The van der Waals surface area contributed by atoms with Crippen LogP contribution >= 0.6 is 0 Å². The van der Waals surface area contributed by atoms with E-state index < -0.39 is 17.5 Å². The number of benzene rings is 1. The average Bonchev–Trinajstić information content (AvgIpc) is 2.42. The van der Waals surface area contributed by atoms with Crippen molar-refractivity contribution in [1.29, 1.82) is 0 Å². The smallest absolute Gasteiger partial charge is 0.181 e. The lowest BCUT2D eigenvalue weighted by Gasteiger charge is -2.18. The summed E-state index contributed by atoms with van der Waals surface area (Å²) in [4.78, 5) is 3.94. The zero-order valence-corrected chi connectivity index (χ0v) is 10.3. The predicted octanol–water partition coefficient (Wildman–Crippen LogP) is 4.06. The van der Waals surface area contributed by atoms with Crippen LogP contribution in [0, 0.1) is 17.5 Å². The van der Waals surface area contributed by atoms with Crippen LogP contribution < -0.4 is 5.32 Å². The molecule has 0 aliphatic rings. The highest BCUT2D eigenvalue weighted by Gasteiger charge is 2.14. The van der Waals surface area contributed by atoms with Gasteiger partial charge >= 0.3 is 0 Å². The van der Waals surface area contributed by atoms with Crippen LogP contribution in [-0.4, -0.2) is 4.98 Å². The van der Waals surface area contributed by atoms with Crippen molar-refractivity contribution < 1.29 is 13.2 Å². The highest BCUT2D eigenvalue weighted by Crippen LogP contribution is 2.24. The van der Waals surface area contributed by atoms with E-state index in [1.165, 1.54) is 24.3 Å². The molecule has 0 fully saturated rings. The molecule has 2 rings (SSSR count). The second-order valence-corrected chi connectivity index (χ2v) is 4.11. The van der Waals surface area contributed by atoms with E-state index in [1.807, 2.05) is 6.92 Å². The lowest BCUT2D eigenvalue weighted by molar-refractivity contribution is 0.509. The van der Waals surface area contributed by atoms with Crippen LogP contribution in [-0.2, 0) is 0 Å². The van der Waals surface area contributed by atoms with Gasteiger partial charge in [0.1, 0.15) is 5.82 Å². The molecular weight excluding hydrogens is 253 g/mol. The number of nitrogens with zero attached hydrogens (tertiary/aromatic N) is 1. The van der Waals surface area contributed by atoms with Gasteiger partial charge in [-0.25, -0.2) is 13.2 Å². The van der Waals surface area contributed by atoms with Crippen LogP contribution in [0.15, 0.2) is 36.5 Å². The third kappa shape index (κ3) is 3.05. The Hall–Kier alpha value is -2.04. The molecule has 0 spiro atoms. The van der Waals surface area contributed by atoms with Crippen molar-refractivity contribution >= 4 is 5.69 Å². The summed E-state index contributed by atoms with van der Waals surface area (Å²) >= 11 is 0. The van der Waals surface area contributed by atoms with E-state index in [1.54, 1.807) is 0 Å². The van der Waals surface area contributed by atoms with E-state index in [0.717, 1.165) is 12.3 Å². The first-order valence-corrected chi connectivity index (χ1v) is 5.93. The first kappa shape index (κ1) is 13.4. The number of aromatic nitrogens is 1. The Balaban J connectivity index is 2.24. The first-order valence-electron chi connectivity index (χ1n) is 5.93. The van der Waals surface area contributed by atoms with E-state index in [4.69, 9.17) is 0 Å². The SMILES string of the molecule is CCC(Nc1cccc(F)c1F)c1ccc(F)cn1. The van der Waals surface area contributed by atoms with E-state index in [9.17, 15) is 13.2 Å². The zero-order valence-electron chi connectivity index (χ0n) is 10.3. The van der Waals surface area contributed by atoms with Gasteiger partial charge in [0.15, 0.2) is 11.6 Å². The maximum atomic E-state index is 13.6. The fraction of sp³-hybridized carbons (Fsp3) is 0.214. The highest BCUT2D eigenvalue weighted by molar-refractivity contribution is 5.46. The average molecular weight is 266 g/mol. The number of halogens is 3. The van der Waals surface area contributed by atoms with Crippen molar-refractivity contribution in [2.45, 2.75) is 19.4 Å². The second-order valence-electron chi connectivity index (χ2n) is 4.11. The number of anilines is 1. The molecule has 2 nitrogen and oxygen atoms in total. The van der Waals surface area contributed by atoms with Crippen molar-refractivity contribution in [2.75, 3.05) is 5.32 Å². The normalized spacial score (nSPS) is 12.2. The van der Waals surface area contributed by atoms with Crippen molar-refractivity contribution in [1.82, 2.24) is 4.98 Å². The van der Waals surface area contributed by atoms with Crippen LogP contribution in [0.1, 0.15) is 25.1 Å². The molecule has 1 aromatic carbocycles. The van der Waals surface area contributed by atoms with Crippen LogP contribution in [0.5, 0.6) is 0 Å². The summed E-state index contributed by atoms with van der Waals surface area (Å²) in [5, 5.41) is 2.87. The third-order valence-corrected chi connectivity index (χ3v) is 2.80. The van der Waals surface area contributed by atoms with Gasteiger partial charge in [-0.15, -0.1) is 0 Å². The molecule has 0 saturated heterocycles. The van der Waals surface area contributed by atoms with Crippen LogP contribution in [0.25, 0.3) is 0 Å². The van der Waals surface area contributed by atoms with Gasteiger partial charge in [-0.1, -0.05) is 13.0 Å². The number of hydrogen-bond donors (Lipinski definition) is 1. The summed E-state index contributed by atoms with van der Waals surface area (Å²) in [5.74, 6) is -2.27. The van der Waals surface area contributed by atoms with Gasteiger partial charge in [0.2, 0.25) is 0 Å². The quantitative estimate of drug-likeness (QED) is 0.902. The monoisotopic (exact) mass is 266 g/mol. The Bertz CT molecular complexity index is 555. The molecular formula is C14H13F3N2. The minimum atomic E-state index is -0.928. The van der Waals surface area contributed by atoms with E-state index in [2.05, 4.69) is 10.3 Å². The maximum absolute atomic E-state index is 13.6. The molecule has 0 saturated carbocycles. The molecule has 5 heteroatoms. The van der Waals surface area contributed by atoms with Crippen molar-refractivity contribution in [3.8, 4) is 0 Å². The van der Waals surface area contributed by atoms with Crippen LogP contribution in [0.4, 0.5) is 18.9 Å². The zero-order chi connectivity index (χ0) is 13.8. The van der Waals surface area contributed by atoms with Gasteiger partial charge in [-0.3, -0.25) is 4.98 Å². The predicted molar refractivity (Wildman–Crippen MR) is 67.2 cm³/mol. The van der Waals surface area contributed by atoms with Gasteiger partial charge in [-0.2, -0.15) is 0 Å². The van der Waals surface area contributed by atoms with E-state index in [0.29, 0.717) is 12.1 Å². The van der Waals surface area contributed by atoms with Gasteiger partial charge in [0, 0.05) is 0 Å². The molecule has 100 valence electrons. The number of pyridine rings is 1. The molecule has 19 heavy (non-hydrogen) atoms. The van der Waals surface area contributed by atoms with Gasteiger partial charge < -0.3 is 5.32 Å². The summed E-state index contributed by atoms with van der Waals surface area (Å²) in [6, 6.07) is 6.42. The molecule has 0 radical (unpaired) electrons. The van der Waals surface area contributed by atoms with E-state index in [-0.39, 0.29) is 11.7 Å². The van der Waals surface area contributed by atoms with Crippen molar-refractivity contribution in [3.63, 3.8) is 0 Å². The topological polar surface area (TPSA) is 24.9 Å². The molecule has 0 aliphatic carbocycles. The van der Waals surface area contributed by atoms with Gasteiger partial charge in [-0.05, 0) is 30.7 Å². The number of rotatable bonds is 4. The minimum absolute atomic E-state index is 0.0676. The van der Waals surface area contributed by atoms with Crippen molar-refractivity contribution in [2.24, 2.45) is 0 Å². The summed E-state index contributed by atoms with van der Waals surface area (Å²) < 4.78 is 39.5. The van der Waals surface area contributed by atoms with Gasteiger partial charge in [0.05, 0.1) is 23.6 Å². The summed E-state index contributed by atoms with van der Waals surface area (Å²) in [5.41, 5.74) is 0.644. The van der Waals surface area contributed by atoms with Gasteiger partial charge in [0.25, 0.3) is 0 Å². The molecule has 0 amide bonds. The fourth-order valence-electron chi connectivity index (χ4n) is 1.78. The third-order valence-electron chi connectivity index (χ3n) is 2.80. The molecule has 0 bridgehead atoms. The van der Waals surface area contributed by atoms with E-state index >= 15 is 0 Å². The first-order chi connectivity index (χ1) is 9.11. The number of nitrogens with one attached hydrogen (secondary N) is 1. The Morgan fingerprint density at radius 1 is 1.16 bits per heavy atom. The number of hydrogen-bond acceptors (Lipinski definition) is 2. The maximum Gasteiger partial charge on any atom is 0.181 e. The molecule has 1 N–H and O–H groups in total. The lowest BCUT2D eigenvalue weighted by Crippen LogP contribution is -2.12. The largest absolute Gasteiger partial charge is 0.374 e. The Morgan fingerprint density at radius 2 is 1.95 bits per heavy atom. The Labute approximate surface area is 109 Å². The molecule has 2 aromatic rings. The fourth-order valence-corrected chi connectivity index (χ4v) is 1.78. The minimum Gasteiger partial charge on any atom is -0.374 e. The summed E-state index contributed by atoms with van der Waals surface area (Å²) in [7, 11) is 0. The van der Waals surface area contributed by atoms with Crippen molar-refractivity contribution in [3.05, 3.63) is 59.7 Å². The summed E-state index contributed by atoms with van der Waals surface area (Å²) in [6.07, 6.45) is 1.70. The second kappa shape index (κ2) is 5.73. The molecule has 1 unspecified atom stereocenters. The van der Waals surface area contributed by atoms with Crippen LogP contribution in [0.3, 0.4) is 0 Å². The Morgan fingerprint density at radius 3 is 2.58 bits per heavy atom. The Kier molecular flexibility index (Phi) is 4.04. The summed E-state index contributed by atoms with van der Waals surface area (Å²) in [6.45, 7) is 1.87.